The number of rotatable bonds is 5. The highest BCUT2D eigenvalue weighted by atomic mass is 16.2. The monoisotopic (exact) mass is 359 g/mol. The van der Waals surface area contributed by atoms with Gasteiger partial charge < -0.3 is 10.6 Å². The molecule has 4 rings (SSSR count). The number of amides is 2. The van der Waals surface area contributed by atoms with Crippen LogP contribution in [0.4, 0.5) is 10.5 Å². The molecule has 3 aromatic heterocycles. The molecule has 3 heterocycles. The molecule has 0 saturated carbocycles. The summed E-state index contributed by atoms with van der Waals surface area (Å²) in [7, 11) is 0. The molecule has 0 aliphatic rings. The fourth-order valence-electron chi connectivity index (χ4n) is 2.61. The number of benzene rings is 1. The van der Waals surface area contributed by atoms with E-state index in [1.807, 2.05) is 60.9 Å². The van der Waals surface area contributed by atoms with Crippen LogP contribution in [0.5, 0.6) is 0 Å². The summed E-state index contributed by atoms with van der Waals surface area (Å²) in [5.41, 5.74) is 2.49. The number of hydrogen-bond acceptors (Lipinski definition) is 4. The second-order valence-corrected chi connectivity index (χ2v) is 5.78. The Kier molecular flexibility index (Phi) is 4.60. The van der Waals surface area contributed by atoms with Crippen molar-refractivity contribution in [3.05, 3.63) is 85.1 Å². The van der Waals surface area contributed by atoms with Gasteiger partial charge >= 0.3 is 6.03 Å². The highest BCUT2D eigenvalue weighted by molar-refractivity contribution is 5.89. The van der Waals surface area contributed by atoms with Gasteiger partial charge in [0, 0.05) is 43.2 Å². The van der Waals surface area contributed by atoms with Crippen molar-refractivity contribution in [1.29, 1.82) is 0 Å². The summed E-state index contributed by atoms with van der Waals surface area (Å²) < 4.78 is 3.40. The second kappa shape index (κ2) is 7.52. The quantitative estimate of drug-likeness (QED) is 0.573. The lowest BCUT2D eigenvalue weighted by molar-refractivity contribution is 0.251. The molecule has 1 aromatic carbocycles. The Morgan fingerprint density at radius 1 is 0.926 bits per heavy atom. The Bertz CT molecular complexity index is 1030. The van der Waals surface area contributed by atoms with Crippen LogP contribution >= 0.6 is 0 Å². The van der Waals surface area contributed by atoms with Gasteiger partial charge in [-0.25, -0.2) is 19.1 Å². The maximum atomic E-state index is 12.2. The molecule has 8 nitrogen and oxygen atoms in total. The van der Waals surface area contributed by atoms with Gasteiger partial charge in [-0.3, -0.25) is 0 Å². The number of anilines is 1. The number of nitrogens with one attached hydrogen (secondary N) is 2. The standard InChI is InChI=1S/C19H17N7O/c27-19(24-16-4-1-5-17(13-16)25-10-2-7-22-25)21-14-15-6-9-20-18(12-15)26-11-3-8-23-26/h1-13H,14H2,(H2,21,24,27). The second-order valence-electron chi connectivity index (χ2n) is 5.78. The van der Waals surface area contributed by atoms with Gasteiger partial charge in [-0.2, -0.15) is 10.2 Å². The largest absolute Gasteiger partial charge is 0.334 e. The molecule has 0 aliphatic carbocycles. The van der Waals surface area contributed by atoms with E-state index in [4.69, 9.17) is 0 Å². The maximum Gasteiger partial charge on any atom is 0.319 e. The molecule has 2 N–H and O–H groups in total. The Labute approximate surface area is 155 Å². The van der Waals surface area contributed by atoms with Crippen molar-refractivity contribution < 1.29 is 4.79 Å². The third kappa shape index (κ3) is 4.01. The van der Waals surface area contributed by atoms with Crippen LogP contribution in [0.1, 0.15) is 5.56 Å². The van der Waals surface area contributed by atoms with Crippen molar-refractivity contribution >= 4 is 11.7 Å². The average Bonchev–Trinajstić information content (AvgIpc) is 3.41. The van der Waals surface area contributed by atoms with Gasteiger partial charge in [0.15, 0.2) is 5.82 Å². The smallest absolute Gasteiger partial charge is 0.319 e. The van der Waals surface area contributed by atoms with E-state index in [9.17, 15) is 4.79 Å². The van der Waals surface area contributed by atoms with Gasteiger partial charge in [0.2, 0.25) is 0 Å². The number of aromatic nitrogens is 5. The fraction of sp³-hybridized carbons (Fsp3) is 0.0526. The lowest BCUT2D eigenvalue weighted by Gasteiger charge is -2.10. The van der Waals surface area contributed by atoms with Crippen molar-refractivity contribution in [1.82, 2.24) is 29.9 Å². The predicted molar refractivity (Wildman–Crippen MR) is 101 cm³/mol. The minimum atomic E-state index is -0.287. The molecule has 27 heavy (non-hydrogen) atoms. The van der Waals surface area contributed by atoms with E-state index >= 15 is 0 Å². The first-order valence-corrected chi connectivity index (χ1v) is 8.38. The molecule has 0 bridgehead atoms. The zero-order valence-corrected chi connectivity index (χ0v) is 14.4. The SMILES string of the molecule is O=C(NCc1ccnc(-n2cccn2)c1)Nc1cccc(-n2cccn2)c1. The van der Waals surface area contributed by atoms with Crippen LogP contribution in [0.25, 0.3) is 11.5 Å². The van der Waals surface area contributed by atoms with Crippen LogP contribution in [-0.2, 0) is 6.54 Å². The van der Waals surface area contributed by atoms with E-state index in [1.165, 1.54) is 0 Å². The van der Waals surface area contributed by atoms with Crippen molar-refractivity contribution in [2.24, 2.45) is 0 Å². The molecule has 0 saturated heterocycles. The van der Waals surface area contributed by atoms with Crippen molar-refractivity contribution in [2.75, 3.05) is 5.32 Å². The molecule has 0 atom stereocenters. The zero-order chi connectivity index (χ0) is 18.5. The van der Waals surface area contributed by atoms with Gasteiger partial charge in [-0.15, -0.1) is 0 Å². The lowest BCUT2D eigenvalue weighted by Crippen LogP contribution is -2.28. The molecule has 4 aromatic rings. The molecule has 134 valence electrons. The summed E-state index contributed by atoms with van der Waals surface area (Å²) in [6.07, 6.45) is 8.76. The zero-order valence-electron chi connectivity index (χ0n) is 14.4. The summed E-state index contributed by atoms with van der Waals surface area (Å²) in [6, 6.07) is 14.6. The number of carbonyl (C=O) groups excluding carboxylic acids is 1. The van der Waals surface area contributed by atoms with Crippen LogP contribution in [0, 0.1) is 0 Å². The van der Waals surface area contributed by atoms with Crippen LogP contribution < -0.4 is 10.6 Å². The topological polar surface area (TPSA) is 89.7 Å². The average molecular weight is 359 g/mol. The van der Waals surface area contributed by atoms with Crippen LogP contribution in [0.15, 0.2) is 79.5 Å². The lowest BCUT2D eigenvalue weighted by atomic mass is 10.2. The van der Waals surface area contributed by atoms with Crippen LogP contribution in [0.2, 0.25) is 0 Å². The first-order chi connectivity index (χ1) is 13.3. The maximum absolute atomic E-state index is 12.2. The molecular formula is C19H17N7O. The fourth-order valence-corrected chi connectivity index (χ4v) is 2.61. The normalized spacial score (nSPS) is 10.5. The first-order valence-electron chi connectivity index (χ1n) is 8.38. The Morgan fingerprint density at radius 3 is 2.52 bits per heavy atom. The van der Waals surface area contributed by atoms with E-state index in [1.54, 1.807) is 28.0 Å². The number of nitrogens with zero attached hydrogens (tertiary/aromatic N) is 5. The number of hydrogen-bond donors (Lipinski definition) is 2. The minimum Gasteiger partial charge on any atom is -0.334 e. The molecule has 0 spiro atoms. The van der Waals surface area contributed by atoms with E-state index in [2.05, 4.69) is 25.8 Å². The number of pyridine rings is 1. The molecule has 0 fully saturated rings. The van der Waals surface area contributed by atoms with E-state index in [0.29, 0.717) is 18.1 Å². The number of carbonyl (C=O) groups is 1. The summed E-state index contributed by atoms with van der Waals surface area (Å²) in [5.74, 6) is 0.701. The van der Waals surface area contributed by atoms with E-state index in [0.717, 1.165) is 11.3 Å². The first kappa shape index (κ1) is 16.5. The molecular weight excluding hydrogens is 342 g/mol. The van der Waals surface area contributed by atoms with Gasteiger partial charge in [0.05, 0.1) is 5.69 Å². The van der Waals surface area contributed by atoms with E-state index < -0.39 is 0 Å². The number of urea groups is 1. The highest BCUT2D eigenvalue weighted by Gasteiger charge is 2.05. The van der Waals surface area contributed by atoms with Crippen molar-refractivity contribution in [3.8, 4) is 11.5 Å². The summed E-state index contributed by atoms with van der Waals surface area (Å²) >= 11 is 0. The highest BCUT2D eigenvalue weighted by Crippen LogP contribution is 2.14. The predicted octanol–water partition coefficient (Wildman–Crippen LogP) is 2.77. The Balaban J connectivity index is 1.38. The Morgan fingerprint density at radius 2 is 1.74 bits per heavy atom. The molecule has 8 heteroatoms. The summed E-state index contributed by atoms with van der Waals surface area (Å²) in [5, 5.41) is 14.0. The molecule has 0 aliphatic heterocycles. The van der Waals surface area contributed by atoms with Crippen molar-refractivity contribution in [2.45, 2.75) is 6.54 Å². The van der Waals surface area contributed by atoms with Crippen LogP contribution in [-0.4, -0.2) is 30.6 Å². The third-order valence-corrected chi connectivity index (χ3v) is 3.88. The Hall–Kier alpha value is -3.94. The van der Waals surface area contributed by atoms with Crippen LogP contribution in [0.3, 0.4) is 0 Å². The minimum absolute atomic E-state index is 0.287. The summed E-state index contributed by atoms with van der Waals surface area (Å²) in [4.78, 5) is 16.5. The third-order valence-electron chi connectivity index (χ3n) is 3.88. The van der Waals surface area contributed by atoms with Gasteiger partial charge in [0.25, 0.3) is 0 Å². The van der Waals surface area contributed by atoms with Crippen molar-refractivity contribution in [3.63, 3.8) is 0 Å². The molecule has 0 unspecified atom stereocenters. The van der Waals surface area contributed by atoms with Gasteiger partial charge in [-0.1, -0.05) is 6.07 Å². The summed E-state index contributed by atoms with van der Waals surface area (Å²) in [6.45, 7) is 0.376. The van der Waals surface area contributed by atoms with Gasteiger partial charge in [-0.05, 0) is 48.0 Å². The molecule has 0 radical (unpaired) electrons. The van der Waals surface area contributed by atoms with E-state index in [-0.39, 0.29) is 6.03 Å². The molecule has 2 amide bonds. The van der Waals surface area contributed by atoms with Gasteiger partial charge in [0.1, 0.15) is 0 Å².